The summed E-state index contributed by atoms with van der Waals surface area (Å²) in [6.07, 6.45) is 0.590. The largest absolute Gasteiger partial charge is 0.491 e. The van der Waals surface area contributed by atoms with Gasteiger partial charge >= 0.3 is 0 Å². The minimum absolute atomic E-state index is 0.0965. The average Bonchev–Trinajstić information content (AvgIpc) is 4.23. The highest BCUT2D eigenvalue weighted by molar-refractivity contribution is 5.72. The van der Waals surface area contributed by atoms with Crippen LogP contribution < -0.4 is 18.9 Å². The van der Waals surface area contributed by atoms with Crippen molar-refractivity contribution >= 4 is 0 Å². The smallest absolute Gasteiger partial charge is 0.123 e. The van der Waals surface area contributed by atoms with Gasteiger partial charge in [0.05, 0.1) is 26.4 Å². The van der Waals surface area contributed by atoms with Gasteiger partial charge in [0.15, 0.2) is 0 Å². The minimum Gasteiger partial charge on any atom is -0.491 e. The van der Waals surface area contributed by atoms with Crippen molar-refractivity contribution in [1.29, 1.82) is 0 Å². The molecule has 8 nitrogen and oxygen atoms in total. The molecule has 0 amide bonds. The number of epoxide rings is 4. The van der Waals surface area contributed by atoms with Gasteiger partial charge in [0.2, 0.25) is 0 Å². The van der Waals surface area contributed by atoms with Crippen molar-refractivity contribution in [2.24, 2.45) is 0 Å². The van der Waals surface area contributed by atoms with E-state index in [0.717, 1.165) is 80.7 Å². The Morgan fingerprint density at radius 1 is 0.351 bits per heavy atom. The summed E-state index contributed by atoms with van der Waals surface area (Å²) >= 11 is 0. The molecule has 4 aliphatic heterocycles. The van der Waals surface area contributed by atoms with E-state index < -0.39 is 0 Å². The Bertz CT molecular complexity index is 2870. The van der Waals surface area contributed by atoms with Gasteiger partial charge in [-0.15, -0.1) is 0 Å². The third kappa shape index (κ3) is 13.7. The van der Waals surface area contributed by atoms with Crippen LogP contribution in [0.1, 0.15) is 61.8 Å². The number of benzene rings is 8. The first-order valence-electron chi connectivity index (χ1n) is 26.2. The Hall–Kier alpha value is -7.20. The zero-order valence-electron chi connectivity index (χ0n) is 42.9. The maximum absolute atomic E-state index is 6.63. The Morgan fingerprint density at radius 2 is 0.649 bits per heavy atom. The molecule has 0 radical (unpaired) electrons. The SMILES string of the molecule is CC.CC(C)c1ccc(-c2ccccc2)cc1.c1ccc(-c2ccc(C(c3cc(-c4ccc(OCC5CO5)cc4)ccc3OCC3CO3)c3cc(-c4ccc(OCC5CO5)cc4)ccc3OCC3CO3)cc2)cc1. The molecule has 8 aromatic carbocycles. The molecule has 4 saturated heterocycles. The van der Waals surface area contributed by atoms with E-state index in [1.54, 1.807) is 0 Å². The van der Waals surface area contributed by atoms with E-state index in [-0.39, 0.29) is 30.3 Å². The van der Waals surface area contributed by atoms with Crippen molar-refractivity contribution in [2.75, 3.05) is 52.9 Å². The zero-order chi connectivity index (χ0) is 50.6. The summed E-state index contributed by atoms with van der Waals surface area (Å²) < 4.78 is 47.0. The summed E-state index contributed by atoms with van der Waals surface area (Å²) in [6, 6.07) is 68.2. The quantitative estimate of drug-likeness (QED) is 0.0551. The Kier molecular flexibility index (Phi) is 16.5. The molecule has 4 atom stereocenters. The molecular weight excluding hydrogens is 921 g/mol. The Morgan fingerprint density at radius 3 is 1.00 bits per heavy atom. The minimum atomic E-state index is -0.262. The third-order valence-electron chi connectivity index (χ3n) is 13.4. The summed E-state index contributed by atoms with van der Waals surface area (Å²) in [5, 5.41) is 0. The summed E-state index contributed by atoms with van der Waals surface area (Å²) in [7, 11) is 0. The van der Waals surface area contributed by atoms with E-state index in [1.807, 2.05) is 50.2 Å². The highest BCUT2D eigenvalue weighted by atomic mass is 16.6. The van der Waals surface area contributed by atoms with Crippen LogP contribution in [-0.2, 0) is 18.9 Å². The van der Waals surface area contributed by atoms with E-state index in [1.165, 1.54) is 22.3 Å². The molecule has 8 aromatic rings. The fourth-order valence-corrected chi connectivity index (χ4v) is 8.77. The van der Waals surface area contributed by atoms with Crippen molar-refractivity contribution in [2.45, 2.75) is 63.9 Å². The molecule has 0 spiro atoms. The average molecular weight is 987 g/mol. The van der Waals surface area contributed by atoms with Gasteiger partial charge in [0, 0.05) is 17.0 Å². The van der Waals surface area contributed by atoms with Gasteiger partial charge in [0.1, 0.15) is 73.8 Å². The second-order valence-electron chi connectivity index (χ2n) is 19.2. The number of hydrogen-bond acceptors (Lipinski definition) is 8. The van der Waals surface area contributed by atoms with Crippen LogP contribution in [0.3, 0.4) is 0 Å². The monoisotopic (exact) mass is 986 g/mol. The fraction of sp³-hybridized carbons (Fsp3) is 0.273. The third-order valence-corrected chi connectivity index (χ3v) is 13.4. The molecular formula is C66H66O8. The predicted octanol–water partition coefficient (Wildman–Crippen LogP) is 14.5. The van der Waals surface area contributed by atoms with Gasteiger partial charge in [-0.25, -0.2) is 0 Å². The molecule has 0 aliphatic carbocycles. The van der Waals surface area contributed by atoms with Crippen molar-refractivity contribution in [3.05, 3.63) is 216 Å². The number of ether oxygens (including phenoxy) is 8. The first-order valence-corrected chi connectivity index (χ1v) is 26.2. The van der Waals surface area contributed by atoms with Gasteiger partial charge < -0.3 is 37.9 Å². The first kappa shape index (κ1) is 50.3. The number of hydrogen-bond donors (Lipinski definition) is 0. The van der Waals surface area contributed by atoms with Gasteiger partial charge in [0.25, 0.3) is 0 Å². The molecule has 4 unspecified atom stereocenters. The second kappa shape index (κ2) is 24.2. The molecule has 0 saturated carbocycles. The molecule has 74 heavy (non-hydrogen) atoms. The normalized spacial score (nSPS) is 18.1. The fourth-order valence-electron chi connectivity index (χ4n) is 8.77. The molecule has 378 valence electrons. The van der Waals surface area contributed by atoms with Gasteiger partial charge in [-0.3, -0.25) is 0 Å². The molecule has 12 rings (SSSR count). The number of rotatable bonds is 20. The molecule has 0 N–H and O–H groups in total. The predicted molar refractivity (Wildman–Crippen MR) is 295 cm³/mol. The molecule has 4 aliphatic rings. The maximum Gasteiger partial charge on any atom is 0.123 e. The highest BCUT2D eigenvalue weighted by Crippen LogP contribution is 2.45. The Labute approximate surface area is 436 Å². The van der Waals surface area contributed by atoms with Crippen molar-refractivity contribution in [3.63, 3.8) is 0 Å². The summed E-state index contributed by atoms with van der Waals surface area (Å²) in [6.45, 7) is 13.5. The van der Waals surface area contributed by atoms with Crippen LogP contribution in [0.15, 0.2) is 194 Å². The van der Waals surface area contributed by atoms with Crippen LogP contribution in [0.4, 0.5) is 0 Å². The van der Waals surface area contributed by atoms with Crippen LogP contribution in [0.2, 0.25) is 0 Å². The van der Waals surface area contributed by atoms with E-state index in [4.69, 9.17) is 37.9 Å². The lowest BCUT2D eigenvalue weighted by molar-refractivity contribution is 0.258. The first-order chi connectivity index (χ1) is 36.5. The summed E-state index contributed by atoms with van der Waals surface area (Å²) in [4.78, 5) is 0. The lowest BCUT2D eigenvalue weighted by Gasteiger charge is -2.26. The van der Waals surface area contributed by atoms with E-state index >= 15 is 0 Å². The van der Waals surface area contributed by atoms with E-state index in [9.17, 15) is 0 Å². The van der Waals surface area contributed by atoms with Crippen LogP contribution in [0, 0.1) is 0 Å². The van der Waals surface area contributed by atoms with Crippen LogP contribution in [-0.4, -0.2) is 77.3 Å². The standard InChI is InChI=1S/C49H44O8.C15H16.C2H6/c1-2-4-32(5-3-1)33-6-8-36(9-7-33)49(45-22-37(14-20-47(45)56-30-43-28-54-43)34-10-16-39(17-11-34)50-24-41-26-52-41)46-23-38(15-21-48(46)57-31-44-29-55-44)35-12-18-40(19-13-35)51-25-42-27-53-42;1-12(2)13-8-10-15(11-9-13)14-6-4-3-5-7-14;1-2/h1-23,41-44,49H,24-31H2;3-12H,1-2H3;1-2H3. The topological polar surface area (TPSA) is 87.0 Å². The zero-order valence-corrected chi connectivity index (χ0v) is 42.9. The maximum atomic E-state index is 6.63. The lowest BCUT2D eigenvalue weighted by Crippen LogP contribution is -2.13. The Balaban J connectivity index is 0.000000314. The van der Waals surface area contributed by atoms with Crippen LogP contribution in [0.5, 0.6) is 23.0 Å². The summed E-state index contributed by atoms with van der Waals surface area (Å²) in [5.41, 5.74) is 13.8. The second-order valence-corrected chi connectivity index (χ2v) is 19.2. The van der Waals surface area contributed by atoms with Crippen molar-refractivity contribution in [1.82, 2.24) is 0 Å². The molecule has 0 bridgehead atoms. The molecule has 0 aromatic heterocycles. The van der Waals surface area contributed by atoms with Gasteiger partial charge in [-0.1, -0.05) is 173 Å². The molecule has 8 heteroatoms. The summed E-state index contributed by atoms with van der Waals surface area (Å²) in [5.74, 6) is 3.60. The molecule has 4 heterocycles. The van der Waals surface area contributed by atoms with Crippen LogP contribution in [0.25, 0.3) is 44.5 Å². The van der Waals surface area contributed by atoms with Gasteiger partial charge in [-0.05, 0) is 110 Å². The van der Waals surface area contributed by atoms with Crippen molar-refractivity contribution < 1.29 is 37.9 Å². The van der Waals surface area contributed by atoms with Crippen LogP contribution >= 0.6 is 0 Å². The van der Waals surface area contributed by atoms with E-state index in [0.29, 0.717) is 45.6 Å². The molecule has 4 fully saturated rings. The van der Waals surface area contributed by atoms with Crippen molar-refractivity contribution in [3.8, 4) is 67.5 Å². The lowest BCUT2D eigenvalue weighted by atomic mass is 9.81. The van der Waals surface area contributed by atoms with Gasteiger partial charge in [-0.2, -0.15) is 0 Å². The van der Waals surface area contributed by atoms with E-state index in [2.05, 4.69) is 172 Å². The highest BCUT2D eigenvalue weighted by Gasteiger charge is 2.30.